The maximum absolute atomic E-state index is 13.8. The van der Waals surface area contributed by atoms with Gasteiger partial charge in [-0.25, -0.2) is 0 Å². The molecule has 3 heterocycles. The Morgan fingerprint density at radius 2 is 1.65 bits per heavy atom. The van der Waals surface area contributed by atoms with E-state index >= 15 is 0 Å². The van der Waals surface area contributed by atoms with Crippen LogP contribution in [0.2, 0.25) is 18.1 Å². The Morgan fingerprint density at radius 1 is 1.04 bits per heavy atom. The van der Waals surface area contributed by atoms with E-state index in [1.54, 1.807) is 20.8 Å². The van der Waals surface area contributed by atoms with Crippen LogP contribution in [0.25, 0.3) is 0 Å². The van der Waals surface area contributed by atoms with E-state index in [1.807, 2.05) is 27.7 Å². The third-order valence-electron chi connectivity index (χ3n) is 12.4. The number of nitrogens with zero attached hydrogens (tertiary/aromatic N) is 2. The predicted molar refractivity (Wildman–Crippen MR) is 203 cm³/mol. The molecule has 3 aliphatic heterocycles. The fourth-order valence-electron chi connectivity index (χ4n) is 9.05. The van der Waals surface area contributed by atoms with Crippen molar-refractivity contribution in [1.29, 1.82) is 0 Å². The highest BCUT2D eigenvalue weighted by atomic mass is 28.4. The van der Waals surface area contributed by atoms with Gasteiger partial charge in [0, 0.05) is 31.1 Å². The van der Waals surface area contributed by atoms with Gasteiger partial charge in [-0.15, -0.1) is 0 Å². The number of carbonyl (C=O) groups excluding carboxylic acids is 1. The molecular formula is C39H74N2O9Si. The zero-order valence-corrected chi connectivity index (χ0v) is 35.2. The van der Waals surface area contributed by atoms with Crippen LogP contribution in [-0.2, 0) is 28.2 Å². The highest BCUT2D eigenvalue weighted by molar-refractivity contribution is 6.73. The van der Waals surface area contributed by atoms with Crippen LogP contribution in [0.15, 0.2) is 12.2 Å². The van der Waals surface area contributed by atoms with Gasteiger partial charge >= 0.3 is 5.97 Å². The quantitative estimate of drug-likeness (QED) is 0.168. The molecule has 12 heteroatoms. The lowest BCUT2D eigenvalue weighted by Crippen LogP contribution is -2.62. The number of likely N-dealkylation sites (N-methyl/N-ethyl adjacent to an activating group) is 1. The number of esters is 1. The molecule has 3 rings (SSSR count). The average Bonchev–Trinajstić information content (AvgIpc) is 3.20. The van der Waals surface area contributed by atoms with Gasteiger partial charge in [-0.05, 0) is 97.6 Å². The number of carbonyl (C=O) groups is 1. The molecule has 1 unspecified atom stereocenters. The van der Waals surface area contributed by atoms with Crippen molar-refractivity contribution in [3.63, 3.8) is 0 Å². The first-order chi connectivity index (χ1) is 23.7. The van der Waals surface area contributed by atoms with Gasteiger partial charge in [0.1, 0.15) is 23.9 Å². The maximum Gasteiger partial charge on any atom is 0.311 e. The maximum atomic E-state index is 13.8. The smallest absolute Gasteiger partial charge is 0.311 e. The lowest BCUT2D eigenvalue weighted by molar-refractivity contribution is -0.296. The van der Waals surface area contributed by atoms with Gasteiger partial charge in [0.2, 0.25) is 0 Å². The van der Waals surface area contributed by atoms with E-state index in [2.05, 4.69) is 58.2 Å². The Kier molecular flexibility index (Phi) is 15.8. The highest BCUT2D eigenvalue weighted by Gasteiger charge is 2.52. The SMILES string of the molecule is C=C1CO[C@H]2[C@@H](C)N(C1)C[C@H](C)C[C@@](C)(O)[C@H](O[C@@H]1O[C@H](C)C[C@H](N(C)C)[C@H]1O[Si](CC)(CC)CC)[C@@H](C)[C@H](O)[C@@H](C)C(=O)O[C@H](CC)[C@@]2(C)O. The average molecular weight is 743 g/mol. The number of rotatable bonds is 9. The fraction of sp³-hybridized carbons (Fsp3) is 0.923. The summed E-state index contributed by atoms with van der Waals surface area (Å²) < 4.78 is 33.1. The van der Waals surface area contributed by atoms with Crippen LogP contribution in [0, 0.1) is 17.8 Å². The summed E-state index contributed by atoms with van der Waals surface area (Å²) in [7, 11) is 1.98. The Morgan fingerprint density at radius 3 is 2.20 bits per heavy atom. The molecule has 0 aromatic heterocycles. The molecule has 0 saturated carbocycles. The van der Waals surface area contributed by atoms with E-state index in [1.165, 1.54) is 0 Å². The van der Waals surface area contributed by atoms with Crippen molar-refractivity contribution < 1.29 is 43.5 Å². The van der Waals surface area contributed by atoms with Crippen molar-refractivity contribution in [1.82, 2.24) is 9.80 Å². The summed E-state index contributed by atoms with van der Waals surface area (Å²) in [6, 6.07) is 2.65. The Hall–Kier alpha value is -0.933. The molecule has 3 saturated heterocycles. The van der Waals surface area contributed by atoms with Gasteiger partial charge < -0.3 is 43.6 Å². The summed E-state index contributed by atoms with van der Waals surface area (Å²) in [6.07, 6.45) is -3.62. The van der Waals surface area contributed by atoms with E-state index in [4.69, 9.17) is 23.4 Å². The third-order valence-corrected chi connectivity index (χ3v) is 17.1. The van der Waals surface area contributed by atoms with Crippen LogP contribution in [0.5, 0.6) is 0 Å². The second kappa shape index (κ2) is 18.1. The number of hydrogen-bond acceptors (Lipinski definition) is 11. The molecule has 0 aliphatic carbocycles. The molecule has 11 nitrogen and oxygen atoms in total. The standard InChI is InChI=1S/C39H74N2O9Si/c1-15-31-39(12,45)35-29(10)41(22-25(6)23-46-35)21-24(5)20-38(11,44)34(27(8)32(42)28(9)36(43)48-31)49-37-33(50-51(16-2,17-3)18-4)30(40(13)14)19-26(7)47-37/h24,26-35,37,42,44-45H,6,15-23H2,1-5,7-14H3/t24-,26-,27+,28-,29-,30+,31-,32+,33-,34-,35+,37+,38-,39-/m1/s1. The number of ether oxygens (including phenoxy) is 4. The van der Waals surface area contributed by atoms with Gasteiger partial charge in [0.15, 0.2) is 14.6 Å². The molecule has 3 N–H and O–H groups in total. The second-order valence-corrected chi connectivity index (χ2v) is 21.7. The van der Waals surface area contributed by atoms with Gasteiger partial charge in [-0.2, -0.15) is 0 Å². The predicted octanol–water partition coefficient (Wildman–Crippen LogP) is 4.97. The summed E-state index contributed by atoms with van der Waals surface area (Å²) in [5.41, 5.74) is -2.09. The first-order valence-electron chi connectivity index (χ1n) is 19.7. The molecule has 0 amide bonds. The largest absolute Gasteiger partial charge is 0.459 e. The number of hydrogen-bond donors (Lipinski definition) is 3. The van der Waals surface area contributed by atoms with Crippen molar-refractivity contribution in [2.75, 3.05) is 33.8 Å². The molecule has 0 radical (unpaired) electrons. The highest BCUT2D eigenvalue weighted by Crippen LogP contribution is 2.39. The monoisotopic (exact) mass is 743 g/mol. The van der Waals surface area contributed by atoms with Gasteiger partial charge in [0.05, 0.1) is 36.4 Å². The van der Waals surface area contributed by atoms with Crippen molar-refractivity contribution >= 4 is 14.3 Å². The Bertz CT molecular complexity index is 1130. The minimum absolute atomic E-state index is 0.0158. The molecule has 298 valence electrons. The van der Waals surface area contributed by atoms with Crippen molar-refractivity contribution in [2.45, 2.75) is 180 Å². The van der Waals surface area contributed by atoms with Crippen molar-refractivity contribution in [2.24, 2.45) is 17.8 Å². The molecule has 3 fully saturated rings. The minimum Gasteiger partial charge on any atom is -0.459 e. The lowest BCUT2D eigenvalue weighted by Gasteiger charge is -2.50. The van der Waals surface area contributed by atoms with Crippen molar-refractivity contribution in [3.05, 3.63) is 12.2 Å². The Balaban J connectivity index is 2.12. The second-order valence-electron chi connectivity index (χ2n) is 17.0. The number of aliphatic hydroxyl groups excluding tert-OH is 1. The van der Waals surface area contributed by atoms with Crippen LogP contribution < -0.4 is 0 Å². The van der Waals surface area contributed by atoms with E-state index in [9.17, 15) is 20.1 Å². The summed E-state index contributed by atoms with van der Waals surface area (Å²) in [5.74, 6) is -2.36. The van der Waals surface area contributed by atoms with Gasteiger partial charge in [-0.1, -0.05) is 48.1 Å². The molecule has 0 spiro atoms. The molecule has 0 aromatic rings. The van der Waals surface area contributed by atoms with Gasteiger partial charge in [0.25, 0.3) is 0 Å². The fourth-order valence-corrected chi connectivity index (χ4v) is 11.9. The first-order valence-corrected chi connectivity index (χ1v) is 22.2. The van der Waals surface area contributed by atoms with Crippen LogP contribution in [0.1, 0.15) is 95.4 Å². The number of aliphatic hydroxyl groups is 3. The lowest BCUT2D eigenvalue weighted by atomic mass is 9.78. The Labute approximate surface area is 310 Å². The number of cyclic esters (lactones) is 1. The minimum atomic E-state index is -2.13. The van der Waals surface area contributed by atoms with Crippen LogP contribution in [0.4, 0.5) is 0 Å². The number of fused-ring (bicyclic) bond motifs is 2. The summed E-state index contributed by atoms with van der Waals surface area (Å²) in [6.45, 7) is 27.2. The summed E-state index contributed by atoms with van der Waals surface area (Å²) in [4.78, 5) is 18.2. The van der Waals surface area contributed by atoms with Crippen LogP contribution in [-0.4, -0.2) is 139 Å². The summed E-state index contributed by atoms with van der Waals surface area (Å²) >= 11 is 0. The molecule has 51 heavy (non-hydrogen) atoms. The van der Waals surface area contributed by atoms with Crippen molar-refractivity contribution in [3.8, 4) is 0 Å². The molecular weight excluding hydrogens is 669 g/mol. The third kappa shape index (κ3) is 10.2. The van der Waals surface area contributed by atoms with E-state index < -0.39 is 74.1 Å². The zero-order chi connectivity index (χ0) is 38.6. The first kappa shape index (κ1) is 44.5. The molecule has 3 aliphatic rings. The van der Waals surface area contributed by atoms with E-state index in [0.717, 1.165) is 30.1 Å². The molecule has 15 atom stereocenters. The normalized spacial score (nSPS) is 44.0. The van der Waals surface area contributed by atoms with E-state index in [0.29, 0.717) is 25.9 Å². The van der Waals surface area contributed by atoms with E-state index in [-0.39, 0.29) is 30.7 Å². The molecule has 2 bridgehead atoms. The van der Waals surface area contributed by atoms with Crippen LogP contribution >= 0.6 is 0 Å². The molecule has 0 aromatic carbocycles. The zero-order valence-electron chi connectivity index (χ0n) is 34.2. The van der Waals surface area contributed by atoms with Crippen LogP contribution in [0.3, 0.4) is 0 Å². The van der Waals surface area contributed by atoms with Gasteiger partial charge in [-0.3, -0.25) is 9.69 Å². The summed E-state index contributed by atoms with van der Waals surface area (Å²) in [5, 5.41) is 36.5. The topological polar surface area (TPSA) is 130 Å².